The summed E-state index contributed by atoms with van der Waals surface area (Å²) < 4.78 is 12.8. The minimum atomic E-state index is 0.582. The molecule has 0 radical (unpaired) electrons. The van der Waals surface area contributed by atoms with E-state index in [2.05, 4.69) is 23.6 Å². The predicted octanol–water partition coefficient (Wildman–Crippen LogP) is 4.34. The Hall–Kier alpha value is -2.34. The maximum absolute atomic E-state index is 5.53. The van der Waals surface area contributed by atoms with Crippen LogP contribution in [0.15, 0.2) is 45.8 Å². The average Bonchev–Trinajstić information content (AvgIpc) is 3.02. The van der Waals surface area contributed by atoms with Gasteiger partial charge in [0.1, 0.15) is 11.5 Å². The van der Waals surface area contributed by atoms with Gasteiger partial charge in [-0.1, -0.05) is 25.5 Å². The molecule has 0 saturated carbocycles. The van der Waals surface area contributed by atoms with Crippen molar-refractivity contribution in [1.82, 2.24) is 4.68 Å². The van der Waals surface area contributed by atoms with Crippen LogP contribution in [-0.4, -0.2) is 31.7 Å². The van der Waals surface area contributed by atoms with Gasteiger partial charge in [-0.05, 0) is 31.5 Å². The lowest BCUT2D eigenvalue weighted by Gasteiger charge is -2.11. The molecule has 2 rings (SSSR count). The molecule has 0 saturated heterocycles. The van der Waals surface area contributed by atoms with Crippen molar-refractivity contribution in [3.63, 3.8) is 0 Å². The maximum Gasteiger partial charge on any atom is 0.206 e. The van der Waals surface area contributed by atoms with Crippen LogP contribution in [0.5, 0.6) is 11.5 Å². The second-order valence-corrected chi connectivity index (χ2v) is 6.48. The fourth-order valence-electron chi connectivity index (χ4n) is 2.19. The van der Waals surface area contributed by atoms with Crippen LogP contribution >= 0.6 is 11.3 Å². The summed E-state index contributed by atoms with van der Waals surface area (Å²) in [7, 11) is 3.31. The zero-order valence-corrected chi connectivity index (χ0v) is 16.1. The monoisotopic (exact) mass is 359 g/mol. The molecule has 0 atom stereocenters. The van der Waals surface area contributed by atoms with E-state index in [1.165, 1.54) is 0 Å². The molecule has 0 spiro atoms. The first kappa shape index (κ1) is 19.0. The molecule has 0 fully saturated rings. The lowest BCUT2D eigenvalue weighted by atomic mass is 10.1. The normalized spacial score (nSPS) is 11.9. The van der Waals surface area contributed by atoms with Crippen LogP contribution < -0.4 is 14.3 Å². The van der Waals surface area contributed by atoms with Crippen LogP contribution in [0, 0.1) is 0 Å². The number of hydrogen-bond acceptors (Lipinski definition) is 5. The van der Waals surface area contributed by atoms with Crippen molar-refractivity contribution in [3.05, 3.63) is 40.5 Å². The van der Waals surface area contributed by atoms with Crippen LogP contribution in [-0.2, 0) is 0 Å². The molecule has 134 valence electrons. The maximum atomic E-state index is 5.53. The fourth-order valence-corrected chi connectivity index (χ4v) is 3.02. The molecule has 25 heavy (non-hydrogen) atoms. The van der Waals surface area contributed by atoms with Gasteiger partial charge in [0, 0.05) is 17.2 Å². The van der Waals surface area contributed by atoms with Crippen LogP contribution in [0.2, 0.25) is 0 Å². The van der Waals surface area contributed by atoms with Crippen molar-refractivity contribution in [3.8, 4) is 22.8 Å². The third-order valence-electron chi connectivity index (χ3n) is 3.47. The lowest BCUT2D eigenvalue weighted by Crippen LogP contribution is -2.13. The summed E-state index contributed by atoms with van der Waals surface area (Å²) in [4.78, 5) is 5.45. The van der Waals surface area contributed by atoms with Crippen molar-refractivity contribution in [2.75, 3.05) is 20.8 Å². The van der Waals surface area contributed by atoms with E-state index in [1.54, 1.807) is 25.6 Å². The number of hydrogen-bond donors (Lipinski definition) is 0. The molecule has 1 heterocycles. The Morgan fingerprint density at radius 3 is 2.76 bits per heavy atom. The molecule has 2 aromatic rings. The van der Waals surface area contributed by atoms with Crippen molar-refractivity contribution in [1.29, 1.82) is 0 Å². The first-order chi connectivity index (χ1) is 12.1. The van der Waals surface area contributed by atoms with E-state index in [1.807, 2.05) is 41.4 Å². The number of thiazole rings is 1. The molecular weight excluding hydrogens is 334 g/mol. The van der Waals surface area contributed by atoms with E-state index in [0.717, 1.165) is 46.0 Å². The van der Waals surface area contributed by atoms with Crippen molar-refractivity contribution < 1.29 is 9.47 Å². The van der Waals surface area contributed by atoms with Crippen LogP contribution in [0.4, 0.5) is 0 Å². The summed E-state index contributed by atoms with van der Waals surface area (Å²) in [6.07, 6.45) is 3.88. The lowest BCUT2D eigenvalue weighted by molar-refractivity contribution is 0.404. The van der Waals surface area contributed by atoms with E-state index in [4.69, 9.17) is 9.47 Å². The number of methoxy groups -OCH3 is 2. The van der Waals surface area contributed by atoms with Gasteiger partial charge >= 0.3 is 0 Å². The quantitative estimate of drug-likeness (QED) is 0.520. The minimum Gasteiger partial charge on any atom is -0.497 e. The first-order valence-corrected chi connectivity index (χ1v) is 9.09. The zero-order valence-electron chi connectivity index (χ0n) is 15.3. The number of aromatic nitrogens is 1. The molecule has 1 aromatic carbocycles. The van der Waals surface area contributed by atoms with Crippen molar-refractivity contribution >= 4 is 17.6 Å². The molecular formula is C19H25N3O2S. The van der Waals surface area contributed by atoms with Gasteiger partial charge in [-0.2, -0.15) is 5.10 Å². The Morgan fingerprint density at radius 2 is 2.12 bits per heavy atom. The highest BCUT2D eigenvalue weighted by Gasteiger charge is 2.13. The van der Waals surface area contributed by atoms with Gasteiger partial charge in [0.25, 0.3) is 0 Å². The third kappa shape index (κ3) is 4.82. The molecule has 0 N–H and O–H groups in total. The van der Waals surface area contributed by atoms with Crippen LogP contribution in [0.25, 0.3) is 11.3 Å². The Balaban J connectivity index is 2.61. The third-order valence-corrected chi connectivity index (χ3v) is 4.32. The standard InChI is InChI=1S/C19H25N3O2S/c1-6-7-10-21-22-17(13-25-19(22)20-12-14(2)3)16-11-15(23-4)8-9-18(16)24-5/h8-11,13H,2,6-7,12H2,1,3-5H3. The van der Waals surface area contributed by atoms with Gasteiger partial charge in [0.15, 0.2) is 0 Å². The van der Waals surface area contributed by atoms with Crippen LogP contribution in [0.1, 0.15) is 26.7 Å². The summed E-state index contributed by atoms with van der Waals surface area (Å²) in [5.74, 6) is 1.54. The van der Waals surface area contributed by atoms with Crippen LogP contribution in [0.3, 0.4) is 0 Å². The molecule has 0 aliphatic carbocycles. The number of nitrogens with zero attached hydrogens (tertiary/aromatic N) is 3. The fraction of sp³-hybridized carbons (Fsp3) is 0.368. The molecule has 5 nitrogen and oxygen atoms in total. The van der Waals surface area contributed by atoms with Gasteiger partial charge in [-0.3, -0.25) is 4.99 Å². The average molecular weight is 359 g/mol. The second-order valence-electron chi connectivity index (χ2n) is 5.64. The highest BCUT2D eigenvalue weighted by atomic mass is 32.1. The largest absolute Gasteiger partial charge is 0.497 e. The van der Waals surface area contributed by atoms with Gasteiger partial charge < -0.3 is 9.47 Å². The molecule has 0 unspecified atom stereocenters. The van der Waals surface area contributed by atoms with Gasteiger partial charge in [0.2, 0.25) is 4.80 Å². The highest BCUT2D eigenvalue weighted by Crippen LogP contribution is 2.33. The number of ether oxygens (including phenoxy) is 2. The molecule has 0 aliphatic heterocycles. The van der Waals surface area contributed by atoms with E-state index >= 15 is 0 Å². The SMILES string of the molecule is C=C(C)CN=c1scc(-c2cc(OC)ccc2OC)n1N=CCCC. The number of benzene rings is 1. The zero-order chi connectivity index (χ0) is 18.2. The Morgan fingerprint density at radius 1 is 1.32 bits per heavy atom. The summed E-state index contributed by atoms with van der Waals surface area (Å²) >= 11 is 1.55. The summed E-state index contributed by atoms with van der Waals surface area (Å²) in [5.41, 5.74) is 2.86. The Kier molecular flexibility index (Phi) is 7.01. The second kappa shape index (κ2) is 9.22. The van der Waals surface area contributed by atoms with Gasteiger partial charge in [-0.25, -0.2) is 4.68 Å². The van der Waals surface area contributed by atoms with E-state index in [0.29, 0.717) is 6.54 Å². The predicted molar refractivity (Wildman–Crippen MR) is 105 cm³/mol. The smallest absolute Gasteiger partial charge is 0.206 e. The molecule has 6 heteroatoms. The minimum absolute atomic E-state index is 0.582. The van der Waals surface area contributed by atoms with Gasteiger partial charge in [-0.15, -0.1) is 11.3 Å². The topological polar surface area (TPSA) is 48.1 Å². The highest BCUT2D eigenvalue weighted by molar-refractivity contribution is 7.07. The van der Waals surface area contributed by atoms with E-state index < -0.39 is 0 Å². The molecule has 0 amide bonds. The van der Waals surface area contributed by atoms with E-state index in [9.17, 15) is 0 Å². The Bertz CT molecular complexity index is 818. The van der Waals surface area contributed by atoms with Gasteiger partial charge in [0.05, 0.1) is 26.5 Å². The summed E-state index contributed by atoms with van der Waals surface area (Å²) in [6.45, 7) is 8.59. The molecule has 1 aromatic heterocycles. The van der Waals surface area contributed by atoms with E-state index in [-0.39, 0.29) is 0 Å². The first-order valence-electron chi connectivity index (χ1n) is 8.21. The summed E-state index contributed by atoms with van der Waals surface area (Å²) in [5, 5.41) is 6.66. The number of rotatable bonds is 8. The van der Waals surface area contributed by atoms with Crippen molar-refractivity contribution in [2.24, 2.45) is 10.1 Å². The number of unbranched alkanes of at least 4 members (excludes halogenated alkanes) is 1. The molecule has 0 bridgehead atoms. The summed E-state index contributed by atoms with van der Waals surface area (Å²) in [6, 6.07) is 5.73. The molecule has 0 aliphatic rings. The van der Waals surface area contributed by atoms with Crippen molar-refractivity contribution in [2.45, 2.75) is 26.7 Å². The Labute approximate surface area is 153 Å².